The summed E-state index contributed by atoms with van der Waals surface area (Å²) in [7, 11) is 1.77. The molecule has 2 unspecified atom stereocenters. The average Bonchev–Trinajstić information content (AvgIpc) is 2.64. The lowest BCUT2D eigenvalue weighted by atomic mass is 10.2. The van der Waals surface area contributed by atoms with Gasteiger partial charge in [-0.1, -0.05) is 6.08 Å². The summed E-state index contributed by atoms with van der Waals surface area (Å²) in [4.78, 5) is 11.4. The smallest absolute Gasteiger partial charge is 0.248 e. The van der Waals surface area contributed by atoms with E-state index in [1.54, 1.807) is 30.2 Å². The summed E-state index contributed by atoms with van der Waals surface area (Å²) in [5, 5.41) is 6.59. The van der Waals surface area contributed by atoms with Crippen molar-refractivity contribution in [2.24, 2.45) is 13.0 Å². The number of aromatic nitrogens is 2. The fraction of sp³-hybridized carbons (Fsp3) is 0.455. The molecule has 1 aromatic heterocycles. The van der Waals surface area contributed by atoms with Gasteiger partial charge in [0.2, 0.25) is 5.91 Å². The van der Waals surface area contributed by atoms with Gasteiger partial charge in [-0.25, -0.2) is 4.39 Å². The predicted octanol–water partition coefficient (Wildman–Crippen LogP) is 2.39. The molecule has 17 heavy (non-hydrogen) atoms. The van der Waals surface area contributed by atoms with E-state index in [2.05, 4.69) is 26.3 Å². The molecule has 0 bridgehead atoms. The van der Waals surface area contributed by atoms with Crippen molar-refractivity contribution in [3.63, 3.8) is 0 Å². The molecule has 1 saturated carbocycles. The monoisotopic (exact) mass is 301 g/mol. The molecule has 2 atom stereocenters. The Morgan fingerprint density at radius 1 is 1.88 bits per heavy atom. The summed E-state index contributed by atoms with van der Waals surface area (Å²) < 4.78 is 13.5. The van der Waals surface area contributed by atoms with Crippen molar-refractivity contribution in [3.05, 3.63) is 24.5 Å². The summed E-state index contributed by atoms with van der Waals surface area (Å²) in [5.74, 6) is -0.234. The second kappa shape index (κ2) is 4.60. The Morgan fingerprint density at radius 3 is 3.12 bits per heavy atom. The Morgan fingerprint density at radius 2 is 2.59 bits per heavy atom. The van der Waals surface area contributed by atoms with Crippen molar-refractivity contribution in [2.45, 2.75) is 17.4 Å². The molecule has 0 aliphatic heterocycles. The predicted molar refractivity (Wildman–Crippen MR) is 66.5 cm³/mol. The summed E-state index contributed by atoms with van der Waals surface area (Å²) in [6, 6.07) is 0. The van der Waals surface area contributed by atoms with Gasteiger partial charge in [0.1, 0.15) is 0 Å². The molecule has 1 N–H and O–H groups in total. The number of amides is 1. The van der Waals surface area contributed by atoms with Gasteiger partial charge in [-0.05, 0) is 34.8 Å². The van der Waals surface area contributed by atoms with Crippen molar-refractivity contribution in [3.8, 4) is 0 Å². The zero-order valence-corrected chi connectivity index (χ0v) is 10.9. The first-order valence-corrected chi connectivity index (χ1v) is 6.11. The molecule has 0 radical (unpaired) electrons. The van der Waals surface area contributed by atoms with Crippen LogP contribution in [0.15, 0.2) is 24.5 Å². The van der Waals surface area contributed by atoms with Crippen LogP contribution in [0, 0.1) is 5.92 Å². The van der Waals surface area contributed by atoms with Crippen LogP contribution in [0.1, 0.15) is 12.8 Å². The number of nitrogens with zero attached hydrogens (tertiary/aromatic N) is 2. The Bertz CT molecular complexity index is 455. The fourth-order valence-corrected chi connectivity index (χ4v) is 2.11. The van der Waals surface area contributed by atoms with E-state index in [1.165, 1.54) is 6.08 Å². The molecular formula is C11H13BrFN3O. The van der Waals surface area contributed by atoms with Gasteiger partial charge in [-0.2, -0.15) is 5.10 Å². The molecule has 0 saturated heterocycles. The summed E-state index contributed by atoms with van der Waals surface area (Å²) in [6.45, 7) is 0. The first kappa shape index (κ1) is 12.3. The van der Waals surface area contributed by atoms with E-state index < -0.39 is 4.58 Å². The van der Waals surface area contributed by atoms with Crippen LogP contribution in [-0.4, -0.2) is 20.3 Å². The minimum Gasteiger partial charge on any atom is -0.320 e. The molecule has 92 valence electrons. The number of carbonyl (C=O) groups excluding carboxylic acids is 1. The van der Waals surface area contributed by atoms with E-state index >= 15 is 0 Å². The maximum Gasteiger partial charge on any atom is 0.248 e. The maximum absolute atomic E-state index is 13.1. The highest BCUT2D eigenvalue weighted by atomic mass is 79.9. The Hall–Kier alpha value is -1.17. The topological polar surface area (TPSA) is 46.9 Å². The number of halogens is 2. The lowest BCUT2D eigenvalue weighted by molar-refractivity contribution is -0.111. The van der Waals surface area contributed by atoms with Crippen LogP contribution >= 0.6 is 15.9 Å². The molecule has 1 aliphatic carbocycles. The van der Waals surface area contributed by atoms with Crippen molar-refractivity contribution >= 4 is 27.5 Å². The Labute approximate surface area is 107 Å². The first-order valence-electron chi connectivity index (χ1n) is 5.31. The number of hydrogen-bond donors (Lipinski definition) is 1. The third kappa shape index (κ3) is 3.39. The van der Waals surface area contributed by atoms with Crippen LogP contribution in [0.3, 0.4) is 0 Å². The molecule has 0 spiro atoms. The van der Waals surface area contributed by atoms with Gasteiger partial charge in [0.25, 0.3) is 0 Å². The van der Waals surface area contributed by atoms with E-state index in [0.29, 0.717) is 18.5 Å². The highest BCUT2D eigenvalue weighted by Crippen LogP contribution is 2.54. The number of rotatable bonds is 4. The zero-order valence-electron chi connectivity index (χ0n) is 9.36. The summed E-state index contributed by atoms with van der Waals surface area (Å²) in [6.07, 6.45) is 7.48. The van der Waals surface area contributed by atoms with Gasteiger partial charge >= 0.3 is 0 Å². The van der Waals surface area contributed by atoms with Crippen LogP contribution in [0.5, 0.6) is 0 Å². The molecule has 1 heterocycles. The number of carbonyl (C=O) groups is 1. The molecule has 1 amide bonds. The van der Waals surface area contributed by atoms with Crippen LogP contribution in [0.2, 0.25) is 0 Å². The van der Waals surface area contributed by atoms with Gasteiger partial charge in [-0.3, -0.25) is 9.48 Å². The Balaban J connectivity index is 1.76. The second-order valence-electron chi connectivity index (χ2n) is 4.19. The van der Waals surface area contributed by atoms with Gasteiger partial charge in [-0.15, -0.1) is 0 Å². The van der Waals surface area contributed by atoms with Gasteiger partial charge in [0.15, 0.2) is 4.58 Å². The molecular weight excluding hydrogens is 289 g/mol. The first-order chi connectivity index (χ1) is 7.97. The molecule has 1 fully saturated rings. The van der Waals surface area contributed by atoms with E-state index in [9.17, 15) is 9.18 Å². The number of allylic oxidation sites excluding steroid dienone is 1. The van der Waals surface area contributed by atoms with Gasteiger partial charge in [0, 0.05) is 19.2 Å². The molecule has 6 heteroatoms. The summed E-state index contributed by atoms with van der Waals surface area (Å²) in [5.41, 5.74) is 0.647. The highest BCUT2D eigenvalue weighted by Gasteiger charge is 2.52. The third-order valence-electron chi connectivity index (χ3n) is 2.62. The number of nitrogens with one attached hydrogen (secondary N) is 1. The lowest BCUT2D eigenvalue weighted by Gasteiger charge is -1.96. The van der Waals surface area contributed by atoms with Crippen molar-refractivity contribution < 1.29 is 9.18 Å². The SMILES string of the molecule is Cn1cc(NC(=O)/C=C/CC2CC2(F)Br)cn1. The minimum absolute atomic E-state index is 0.00931. The van der Waals surface area contributed by atoms with Crippen molar-refractivity contribution in [2.75, 3.05) is 5.32 Å². The standard InChI is InChI=1S/C11H13BrFN3O/c1-16-7-9(6-14-16)15-10(17)4-2-3-8-5-11(8,12)13/h2,4,6-8H,3,5H2,1H3,(H,15,17)/b4-2+. The summed E-state index contributed by atoms with van der Waals surface area (Å²) >= 11 is 2.96. The second-order valence-corrected chi connectivity index (χ2v) is 5.51. The molecule has 1 aromatic rings. The zero-order chi connectivity index (χ0) is 12.5. The molecule has 4 nitrogen and oxygen atoms in total. The van der Waals surface area contributed by atoms with Gasteiger partial charge in [0.05, 0.1) is 11.9 Å². The highest BCUT2D eigenvalue weighted by molar-refractivity contribution is 9.10. The normalized spacial score (nSPS) is 27.4. The molecule has 1 aliphatic rings. The minimum atomic E-state index is -1.21. The van der Waals surface area contributed by atoms with E-state index in [1.807, 2.05) is 0 Å². The van der Waals surface area contributed by atoms with E-state index in [4.69, 9.17) is 0 Å². The number of aryl methyl sites for hydroxylation is 1. The molecule has 0 aromatic carbocycles. The van der Waals surface area contributed by atoms with Crippen molar-refractivity contribution in [1.82, 2.24) is 9.78 Å². The maximum atomic E-state index is 13.1. The van der Waals surface area contributed by atoms with E-state index in [0.717, 1.165) is 0 Å². The largest absolute Gasteiger partial charge is 0.320 e. The number of hydrogen-bond acceptors (Lipinski definition) is 2. The van der Waals surface area contributed by atoms with E-state index in [-0.39, 0.29) is 11.8 Å². The van der Waals surface area contributed by atoms with Crippen LogP contribution < -0.4 is 5.32 Å². The van der Waals surface area contributed by atoms with Crippen molar-refractivity contribution in [1.29, 1.82) is 0 Å². The molecule has 2 rings (SSSR count). The van der Waals surface area contributed by atoms with Crippen LogP contribution in [-0.2, 0) is 11.8 Å². The number of alkyl halides is 2. The van der Waals surface area contributed by atoms with Crippen LogP contribution in [0.4, 0.5) is 10.1 Å². The fourth-order valence-electron chi connectivity index (χ4n) is 1.53. The lowest BCUT2D eigenvalue weighted by Crippen LogP contribution is -2.07. The quantitative estimate of drug-likeness (QED) is 0.686. The Kier molecular flexibility index (Phi) is 3.33. The van der Waals surface area contributed by atoms with Crippen LogP contribution in [0.25, 0.3) is 0 Å². The average molecular weight is 302 g/mol. The van der Waals surface area contributed by atoms with Gasteiger partial charge < -0.3 is 5.32 Å². The third-order valence-corrected chi connectivity index (χ3v) is 3.59. The number of anilines is 1.